The topological polar surface area (TPSA) is 83.7 Å². The van der Waals surface area contributed by atoms with Gasteiger partial charge in [-0.1, -0.05) is 11.2 Å². The molecule has 0 aromatic carbocycles. The number of pyridine rings is 1. The molecule has 0 bridgehead atoms. The molecule has 0 radical (unpaired) electrons. The van der Waals surface area contributed by atoms with E-state index in [2.05, 4.69) is 20.4 Å². The largest absolute Gasteiger partial charge is 0.478 e. The first-order valence-corrected chi connectivity index (χ1v) is 8.89. The first kappa shape index (κ1) is 18.2. The van der Waals surface area contributed by atoms with Gasteiger partial charge in [-0.3, -0.25) is 4.90 Å². The van der Waals surface area contributed by atoms with Crippen molar-refractivity contribution in [1.29, 1.82) is 0 Å². The molecule has 0 saturated carbocycles. The minimum atomic E-state index is -0.0618. The standard InChI is InChI=1S/C18H25N5O3/c1-3-25-17-15(5-4-6-19-17)12-20-18(24)23-9-7-22(8-10-23)13-16-11-14(2)26-21-16/h4-6,11H,3,7-10,12-13H2,1-2H3,(H,20,24). The van der Waals surface area contributed by atoms with Crippen LogP contribution in [0.25, 0.3) is 0 Å². The maximum Gasteiger partial charge on any atom is 0.317 e. The van der Waals surface area contributed by atoms with Gasteiger partial charge in [0.05, 0.1) is 12.3 Å². The molecule has 8 heteroatoms. The van der Waals surface area contributed by atoms with Gasteiger partial charge in [-0.25, -0.2) is 9.78 Å². The van der Waals surface area contributed by atoms with E-state index in [1.54, 1.807) is 6.20 Å². The summed E-state index contributed by atoms with van der Waals surface area (Å²) in [5, 5.41) is 6.98. The highest BCUT2D eigenvalue weighted by molar-refractivity contribution is 5.74. The molecule has 0 atom stereocenters. The lowest BCUT2D eigenvalue weighted by Gasteiger charge is -2.34. The SMILES string of the molecule is CCOc1ncccc1CNC(=O)N1CCN(Cc2cc(C)on2)CC1. The smallest absolute Gasteiger partial charge is 0.317 e. The van der Waals surface area contributed by atoms with E-state index in [0.29, 0.717) is 32.1 Å². The molecule has 1 aliphatic heterocycles. The number of amides is 2. The predicted molar refractivity (Wildman–Crippen MR) is 95.7 cm³/mol. The number of hydrogen-bond donors (Lipinski definition) is 1. The van der Waals surface area contributed by atoms with E-state index in [0.717, 1.165) is 36.7 Å². The summed E-state index contributed by atoms with van der Waals surface area (Å²) >= 11 is 0. The number of aromatic nitrogens is 2. The normalized spacial score (nSPS) is 15.1. The van der Waals surface area contributed by atoms with Gasteiger partial charge in [-0.2, -0.15) is 0 Å². The Morgan fingerprint density at radius 3 is 2.85 bits per heavy atom. The number of carbonyl (C=O) groups excluding carboxylic acids is 1. The molecular weight excluding hydrogens is 334 g/mol. The number of hydrogen-bond acceptors (Lipinski definition) is 6. The summed E-state index contributed by atoms with van der Waals surface area (Å²) in [5.74, 6) is 1.39. The maximum absolute atomic E-state index is 12.4. The van der Waals surface area contributed by atoms with E-state index < -0.39 is 0 Å². The van der Waals surface area contributed by atoms with Crippen LogP contribution in [0, 0.1) is 6.92 Å². The fourth-order valence-electron chi connectivity index (χ4n) is 2.94. The number of nitrogens with one attached hydrogen (secondary N) is 1. The number of piperazine rings is 1. The zero-order valence-corrected chi connectivity index (χ0v) is 15.3. The van der Waals surface area contributed by atoms with Crippen LogP contribution in [0.3, 0.4) is 0 Å². The lowest BCUT2D eigenvalue weighted by Crippen LogP contribution is -2.51. The van der Waals surface area contributed by atoms with Crippen molar-refractivity contribution in [3.8, 4) is 5.88 Å². The fraction of sp³-hybridized carbons (Fsp3) is 0.500. The molecule has 2 aromatic heterocycles. The first-order chi connectivity index (χ1) is 12.7. The summed E-state index contributed by atoms with van der Waals surface area (Å²) in [6.07, 6.45) is 1.69. The van der Waals surface area contributed by atoms with Gasteiger partial charge < -0.3 is 19.5 Å². The Kier molecular flexibility index (Phi) is 6.06. The highest BCUT2D eigenvalue weighted by atomic mass is 16.5. The molecule has 2 amide bonds. The van der Waals surface area contributed by atoms with Gasteiger partial charge in [0.25, 0.3) is 0 Å². The number of carbonyl (C=O) groups is 1. The molecule has 1 saturated heterocycles. The highest BCUT2D eigenvalue weighted by Gasteiger charge is 2.22. The van der Waals surface area contributed by atoms with Crippen molar-refractivity contribution in [3.63, 3.8) is 0 Å². The number of rotatable bonds is 6. The van der Waals surface area contributed by atoms with Crippen LogP contribution in [0.2, 0.25) is 0 Å². The van der Waals surface area contributed by atoms with E-state index in [4.69, 9.17) is 9.26 Å². The van der Waals surface area contributed by atoms with Crippen LogP contribution in [0.1, 0.15) is 23.9 Å². The second kappa shape index (κ2) is 8.66. The average molecular weight is 359 g/mol. The molecule has 3 rings (SSSR count). The van der Waals surface area contributed by atoms with Crippen LogP contribution in [-0.4, -0.2) is 58.8 Å². The van der Waals surface area contributed by atoms with Crippen molar-refractivity contribution in [2.24, 2.45) is 0 Å². The van der Waals surface area contributed by atoms with Gasteiger partial charge >= 0.3 is 6.03 Å². The second-order valence-corrected chi connectivity index (χ2v) is 6.25. The number of ether oxygens (including phenoxy) is 1. The molecule has 1 aliphatic rings. The summed E-state index contributed by atoms with van der Waals surface area (Å²) in [6, 6.07) is 5.64. The fourth-order valence-corrected chi connectivity index (χ4v) is 2.94. The van der Waals surface area contributed by atoms with Crippen LogP contribution >= 0.6 is 0 Å². The van der Waals surface area contributed by atoms with Crippen LogP contribution in [-0.2, 0) is 13.1 Å². The highest BCUT2D eigenvalue weighted by Crippen LogP contribution is 2.14. The van der Waals surface area contributed by atoms with Gasteiger partial charge in [0.2, 0.25) is 5.88 Å². The van der Waals surface area contributed by atoms with Crippen molar-refractivity contribution in [1.82, 2.24) is 25.3 Å². The molecule has 0 spiro atoms. The third-order valence-corrected chi connectivity index (χ3v) is 4.28. The molecular formula is C18H25N5O3. The van der Waals surface area contributed by atoms with E-state index in [1.165, 1.54) is 0 Å². The van der Waals surface area contributed by atoms with Gasteiger partial charge in [0, 0.05) is 57.1 Å². The zero-order valence-electron chi connectivity index (χ0n) is 15.3. The lowest BCUT2D eigenvalue weighted by molar-refractivity contribution is 0.133. The van der Waals surface area contributed by atoms with Crippen LogP contribution < -0.4 is 10.1 Å². The summed E-state index contributed by atoms with van der Waals surface area (Å²) in [6.45, 7) is 8.51. The van der Waals surface area contributed by atoms with Crippen molar-refractivity contribution < 1.29 is 14.1 Å². The van der Waals surface area contributed by atoms with Crippen molar-refractivity contribution in [2.45, 2.75) is 26.9 Å². The van der Waals surface area contributed by atoms with E-state index >= 15 is 0 Å². The minimum absolute atomic E-state index is 0.0618. The number of aryl methyl sites for hydroxylation is 1. The third-order valence-electron chi connectivity index (χ3n) is 4.28. The average Bonchev–Trinajstić information content (AvgIpc) is 3.06. The molecule has 140 valence electrons. The third kappa shape index (κ3) is 4.72. The molecule has 1 N–H and O–H groups in total. The number of nitrogens with zero attached hydrogens (tertiary/aromatic N) is 4. The Morgan fingerprint density at radius 2 is 2.15 bits per heavy atom. The number of urea groups is 1. The van der Waals surface area contributed by atoms with Crippen LogP contribution in [0.5, 0.6) is 5.88 Å². The van der Waals surface area contributed by atoms with Crippen LogP contribution in [0.15, 0.2) is 28.9 Å². The van der Waals surface area contributed by atoms with Crippen molar-refractivity contribution in [2.75, 3.05) is 32.8 Å². The first-order valence-electron chi connectivity index (χ1n) is 8.89. The lowest BCUT2D eigenvalue weighted by atomic mass is 10.2. The minimum Gasteiger partial charge on any atom is -0.478 e. The van der Waals surface area contributed by atoms with Gasteiger partial charge in [-0.05, 0) is 19.9 Å². The Hall–Kier alpha value is -2.61. The molecule has 0 unspecified atom stereocenters. The maximum atomic E-state index is 12.4. The molecule has 26 heavy (non-hydrogen) atoms. The van der Waals surface area contributed by atoms with E-state index in [9.17, 15) is 4.79 Å². The Morgan fingerprint density at radius 1 is 1.35 bits per heavy atom. The zero-order chi connectivity index (χ0) is 18.4. The van der Waals surface area contributed by atoms with Gasteiger partial charge in [0.15, 0.2) is 0 Å². The molecule has 1 fully saturated rings. The monoisotopic (exact) mass is 359 g/mol. The Bertz CT molecular complexity index is 725. The van der Waals surface area contributed by atoms with Gasteiger partial charge in [-0.15, -0.1) is 0 Å². The summed E-state index contributed by atoms with van der Waals surface area (Å²) in [7, 11) is 0. The van der Waals surface area contributed by atoms with Crippen LogP contribution in [0.4, 0.5) is 4.79 Å². The predicted octanol–water partition coefficient (Wildman–Crippen LogP) is 1.80. The van der Waals surface area contributed by atoms with E-state index in [-0.39, 0.29) is 6.03 Å². The molecule has 2 aromatic rings. The quantitative estimate of drug-likeness (QED) is 0.847. The molecule has 0 aliphatic carbocycles. The van der Waals surface area contributed by atoms with Crippen molar-refractivity contribution >= 4 is 6.03 Å². The van der Waals surface area contributed by atoms with E-state index in [1.807, 2.05) is 36.9 Å². The summed E-state index contributed by atoms with van der Waals surface area (Å²) in [5.41, 5.74) is 1.81. The second-order valence-electron chi connectivity index (χ2n) is 6.25. The van der Waals surface area contributed by atoms with Crippen molar-refractivity contribution in [3.05, 3.63) is 41.4 Å². The summed E-state index contributed by atoms with van der Waals surface area (Å²) in [4.78, 5) is 20.7. The van der Waals surface area contributed by atoms with Gasteiger partial charge in [0.1, 0.15) is 5.76 Å². The molecule has 8 nitrogen and oxygen atoms in total. The summed E-state index contributed by atoms with van der Waals surface area (Å²) < 4.78 is 10.6. The Labute approximate surface area is 153 Å². The molecule has 3 heterocycles. The Balaban J connectivity index is 1.45.